The molecule has 0 aliphatic heterocycles. The molecule has 0 fully saturated rings. The van der Waals surface area contributed by atoms with Crippen molar-refractivity contribution in [2.24, 2.45) is 0 Å². The van der Waals surface area contributed by atoms with Gasteiger partial charge in [-0.1, -0.05) is 35.9 Å². The fourth-order valence-corrected chi connectivity index (χ4v) is 3.12. The third-order valence-corrected chi connectivity index (χ3v) is 4.34. The van der Waals surface area contributed by atoms with Crippen molar-refractivity contribution in [2.45, 2.75) is 23.5 Å². The molecule has 0 radical (unpaired) electrons. The number of aryl methyl sites for hydroxylation is 1. The van der Waals surface area contributed by atoms with E-state index in [0.29, 0.717) is 6.42 Å². The Kier molecular flexibility index (Phi) is 5.28. The van der Waals surface area contributed by atoms with Gasteiger partial charge in [0.05, 0.1) is 7.11 Å². The van der Waals surface area contributed by atoms with Gasteiger partial charge in [0.25, 0.3) is 0 Å². The van der Waals surface area contributed by atoms with E-state index in [-0.39, 0.29) is 0 Å². The molecule has 4 heteroatoms. The van der Waals surface area contributed by atoms with Crippen molar-refractivity contribution >= 4 is 17.7 Å². The maximum Gasteiger partial charge on any atom is 0.317 e. The number of carbonyl (C=O) groups is 1. The molecule has 2 aromatic carbocycles. The second-order valence-electron chi connectivity index (χ2n) is 4.78. The van der Waals surface area contributed by atoms with Gasteiger partial charge in [-0.25, -0.2) is 0 Å². The van der Waals surface area contributed by atoms with Gasteiger partial charge in [0.15, 0.2) is 0 Å². The SMILES string of the molecule is COc1ccc(C)cc1C[C@H](Sc1ccccc1)C(=O)O. The molecule has 2 rings (SSSR count). The number of carboxylic acids is 1. The van der Waals surface area contributed by atoms with Crippen LogP contribution in [0.3, 0.4) is 0 Å². The fourth-order valence-electron chi connectivity index (χ4n) is 2.11. The van der Waals surface area contributed by atoms with Gasteiger partial charge in [0.2, 0.25) is 0 Å². The van der Waals surface area contributed by atoms with Crippen LogP contribution in [0.1, 0.15) is 11.1 Å². The van der Waals surface area contributed by atoms with Crippen LogP contribution in [0, 0.1) is 6.92 Å². The summed E-state index contributed by atoms with van der Waals surface area (Å²) in [6, 6.07) is 15.4. The van der Waals surface area contributed by atoms with Gasteiger partial charge in [-0.3, -0.25) is 4.79 Å². The molecule has 0 aliphatic carbocycles. The maximum atomic E-state index is 11.5. The molecule has 21 heavy (non-hydrogen) atoms. The molecule has 3 nitrogen and oxygen atoms in total. The van der Waals surface area contributed by atoms with E-state index in [1.54, 1.807) is 7.11 Å². The maximum absolute atomic E-state index is 11.5. The number of aliphatic carboxylic acids is 1. The summed E-state index contributed by atoms with van der Waals surface area (Å²) in [5.41, 5.74) is 2.02. The van der Waals surface area contributed by atoms with Crippen LogP contribution in [0.15, 0.2) is 53.4 Å². The second kappa shape index (κ2) is 7.18. The minimum atomic E-state index is -0.813. The summed E-state index contributed by atoms with van der Waals surface area (Å²) in [5, 5.41) is 8.93. The summed E-state index contributed by atoms with van der Waals surface area (Å²) in [5.74, 6) is -0.0760. The molecule has 0 spiro atoms. The number of rotatable bonds is 6. The number of carboxylic acid groups (broad SMARTS) is 1. The van der Waals surface area contributed by atoms with Gasteiger partial charge >= 0.3 is 5.97 Å². The first-order chi connectivity index (χ1) is 10.1. The topological polar surface area (TPSA) is 46.5 Å². The molecular weight excluding hydrogens is 284 g/mol. The number of benzene rings is 2. The van der Waals surface area contributed by atoms with Gasteiger partial charge in [-0.15, -0.1) is 11.8 Å². The van der Waals surface area contributed by atoms with E-state index in [2.05, 4.69) is 0 Å². The molecular formula is C17H18O3S. The van der Waals surface area contributed by atoms with Crippen LogP contribution in [0.2, 0.25) is 0 Å². The summed E-state index contributed by atoms with van der Waals surface area (Å²) in [6.45, 7) is 1.99. The average molecular weight is 302 g/mol. The predicted molar refractivity (Wildman–Crippen MR) is 85.2 cm³/mol. The van der Waals surface area contributed by atoms with Gasteiger partial charge in [0.1, 0.15) is 11.0 Å². The number of ether oxygens (including phenoxy) is 1. The summed E-state index contributed by atoms with van der Waals surface area (Å²) >= 11 is 1.36. The van der Waals surface area contributed by atoms with E-state index in [0.717, 1.165) is 21.8 Å². The summed E-state index contributed by atoms with van der Waals surface area (Å²) in [7, 11) is 1.61. The Morgan fingerprint density at radius 2 is 1.95 bits per heavy atom. The van der Waals surface area contributed by atoms with Crippen LogP contribution in [-0.4, -0.2) is 23.4 Å². The van der Waals surface area contributed by atoms with Crippen molar-refractivity contribution in [2.75, 3.05) is 7.11 Å². The molecule has 0 bridgehead atoms. The Hall–Kier alpha value is -1.94. The van der Waals surface area contributed by atoms with E-state index in [1.165, 1.54) is 11.8 Å². The molecule has 0 unspecified atom stereocenters. The normalized spacial score (nSPS) is 11.9. The van der Waals surface area contributed by atoms with Gasteiger partial charge in [0, 0.05) is 4.90 Å². The lowest BCUT2D eigenvalue weighted by Gasteiger charge is -2.15. The number of hydrogen-bond donors (Lipinski definition) is 1. The molecule has 1 atom stereocenters. The monoisotopic (exact) mass is 302 g/mol. The van der Waals surface area contributed by atoms with E-state index in [9.17, 15) is 9.90 Å². The third kappa shape index (κ3) is 4.26. The Balaban J connectivity index is 2.20. The first-order valence-electron chi connectivity index (χ1n) is 6.68. The highest BCUT2D eigenvalue weighted by Gasteiger charge is 2.21. The molecule has 2 aromatic rings. The average Bonchev–Trinajstić information content (AvgIpc) is 2.48. The highest BCUT2D eigenvalue weighted by molar-refractivity contribution is 8.00. The molecule has 0 amide bonds. The number of methoxy groups -OCH3 is 1. The van der Waals surface area contributed by atoms with Gasteiger partial charge in [-0.2, -0.15) is 0 Å². The minimum Gasteiger partial charge on any atom is -0.496 e. The summed E-state index contributed by atoms with van der Waals surface area (Å²) < 4.78 is 5.33. The molecule has 0 saturated heterocycles. The lowest BCUT2D eigenvalue weighted by Crippen LogP contribution is -2.19. The third-order valence-electron chi connectivity index (χ3n) is 3.14. The zero-order chi connectivity index (χ0) is 15.2. The van der Waals surface area contributed by atoms with E-state index in [4.69, 9.17) is 4.74 Å². The van der Waals surface area contributed by atoms with E-state index in [1.807, 2.05) is 55.5 Å². The Morgan fingerprint density at radius 3 is 2.57 bits per heavy atom. The number of hydrogen-bond acceptors (Lipinski definition) is 3. The van der Waals surface area contributed by atoms with Crippen LogP contribution in [0.4, 0.5) is 0 Å². The summed E-state index contributed by atoms with van der Waals surface area (Å²) in [4.78, 5) is 12.5. The second-order valence-corrected chi connectivity index (χ2v) is 6.05. The Morgan fingerprint density at radius 1 is 1.24 bits per heavy atom. The first-order valence-corrected chi connectivity index (χ1v) is 7.56. The zero-order valence-corrected chi connectivity index (χ0v) is 12.9. The first kappa shape index (κ1) is 15.4. The van der Waals surface area contributed by atoms with Gasteiger partial charge in [-0.05, 0) is 37.1 Å². The van der Waals surface area contributed by atoms with E-state index < -0.39 is 11.2 Å². The van der Waals surface area contributed by atoms with Crippen molar-refractivity contribution in [1.82, 2.24) is 0 Å². The fraction of sp³-hybridized carbons (Fsp3) is 0.235. The van der Waals surface area contributed by atoms with Crippen LogP contribution < -0.4 is 4.74 Å². The van der Waals surface area contributed by atoms with Crippen molar-refractivity contribution in [3.8, 4) is 5.75 Å². The highest BCUT2D eigenvalue weighted by atomic mass is 32.2. The minimum absolute atomic E-state index is 0.430. The van der Waals surface area contributed by atoms with Crippen LogP contribution >= 0.6 is 11.8 Å². The van der Waals surface area contributed by atoms with Crippen LogP contribution in [-0.2, 0) is 11.2 Å². The molecule has 0 aliphatic rings. The Bertz CT molecular complexity index is 611. The molecule has 0 heterocycles. The van der Waals surface area contributed by atoms with Crippen molar-refractivity contribution in [1.29, 1.82) is 0 Å². The number of thioether (sulfide) groups is 1. The quantitative estimate of drug-likeness (QED) is 0.825. The Labute approximate surface area is 129 Å². The van der Waals surface area contributed by atoms with Crippen molar-refractivity contribution in [3.63, 3.8) is 0 Å². The lowest BCUT2D eigenvalue weighted by atomic mass is 10.1. The standard InChI is InChI=1S/C17H18O3S/c1-12-8-9-15(20-2)13(10-12)11-16(17(18)19)21-14-6-4-3-5-7-14/h3-10,16H,11H2,1-2H3,(H,18,19)/t16-/m0/s1. The predicted octanol–water partition coefficient (Wildman–Crippen LogP) is 3.79. The highest BCUT2D eigenvalue weighted by Crippen LogP contribution is 2.29. The zero-order valence-electron chi connectivity index (χ0n) is 12.1. The summed E-state index contributed by atoms with van der Waals surface area (Å²) in [6.07, 6.45) is 0.430. The van der Waals surface area contributed by atoms with E-state index >= 15 is 0 Å². The van der Waals surface area contributed by atoms with Gasteiger partial charge < -0.3 is 9.84 Å². The largest absolute Gasteiger partial charge is 0.496 e. The molecule has 0 aromatic heterocycles. The molecule has 1 N–H and O–H groups in total. The molecule has 110 valence electrons. The molecule has 0 saturated carbocycles. The van der Waals surface area contributed by atoms with Crippen LogP contribution in [0.5, 0.6) is 5.75 Å². The van der Waals surface area contributed by atoms with Crippen molar-refractivity contribution in [3.05, 3.63) is 59.7 Å². The van der Waals surface area contributed by atoms with Crippen molar-refractivity contribution < 1.29 is 14.6 Å². The smallest absolute Gasteiger partial charge is 0.317 e. The lowest BCUT2D eigenvalue weighted by molar-refractivity contribution is -0.136. The van der Waals surface area contributed by atoms with Crippen LogP contribution in [0.25, 0.3) is 0 Å².